The van der Waals surface area contributed by atoms with E-state index in [1.54, 1.807) is 0 Å². The Labute approximate surface area is 267 Å². The fourth-order valence-electron chi connectivity index (χ4n) is 8.15. The zero-order valence-electron chi connectivity index (χ0n) is 27.8. The standard InChI is InChI=1S/C42H54N2/c1-6-9-40(38-21-19-36(43)27-29(38)4)32-11-15-34(16-12-32)42(25-23-31(8-3)24-26-42)35-17-13-33(14-18-35)41(10-7-2)39-22-20-37(44)28-30(39)5/h11-22,27-28,31,40-41H,6-10,23-26,43-44H2,1-5H3. The highest BCUT2D eigenvalue weighted by atomic mass is 14.5. The molecule has 1 aliphatic rings. The van der Waals surface area contributed by atoms with Gasteiger partial charge in [0.2, 0.25) is 0 Å². The topological polar surface area (TPSA) is 52.0 Å². The molecule has 44 heavy (non-hydrogen) atoms. The second-order valence-electron chi connectivity index (χ2n) is 13.6. The van der Waals surface area contributed by atoms with Gasteiger partial charge in [-0.2, -0.15) is 0 Å². The van der Waals surface area contributed by atoms with Gasteiger partial charge in [0.25, 0.3) is 0 Å². The van der Waals surface area contributed by atoms with E-state index in [4.69, 9.17) is 11.5 Å². The van der Waals surface area contributed by atoms with Crippen LogP contribution in [0.5, 0.6) is 0 Å². The molecular formula is C42H54N2. The summed E-state index contributed by atoms with van der Waals surface area (Å²) in [5, 5.41) is 0. The molecule has 4 aromatic rings. The molecule has 0 saturated heterocycles. The van der Waals surface area contributed by atoms with Crippen molar-refractivity contribution in [2.75, 3.05) is 11.5 Å². The molecule has 5 rings (SSSR count). The average Bonchev–Trinajstić information content (AvgIpc) is 3.03. The predicted molar refractivity (Wildman–Crippen MR) is 191 cm³/mol. The fraction of sp³-hybridized carbons (Fsp3) is 0.429. The van der Waals surface area contributed by atoms with Gasteiger partial charge in [-0.3, -0.25) is 0 Å². The van der Waals surface area contributed by atoms with Crippen LogP contribution < -0.4 is 11.5 Å². The van der Waals surface area contributed by atoms with Crippen LogP contribution in [0, 0.1) is 19.8 Å². The molecular weight excluding hydrogens is 532 g/mol. The lowest BCUT2D eigenvalue weighted by molar-refractivity contribution is 0.260. The molecule has 1 fully saturated rings. The third kappa shape index (κ3) is 6.60. The summed E-state index contributed by atoms with van der Waals surface area (Å²) >= 11 is 0. The normalized spacial score (nSPS) is 19.9. The van der Waals surface area contributed by atoms with Crippen molar-refractivity contribution in [3.05, 3.63) is 129 Å². The molecule has 0 heterocycles. The van der Waals surface area contributed by atoms with Gasteiger partial charge in [-0.1, -0.05) is 101 Å². The number of anilines is 2. The van der Waals surface area contributed by atoms with E-state index in [0.717, 1.165) is 43.0 Å². The first-order valence-corrected chi connectivity index (χ1v) is 17.2. The second kappa shape index (κ2) is 14.1. The van der Waals surface area contributed by atoms with Crippen LogP contribution in [0.25, 0.3) is 0 Å². The van der Waals surface area contributed by atoms with Crippen LogP contribution in [-0.4, -0.2) is 0 Å². The van der Waals surface area contributed by atoms with Crippen molar-refractivity contribution in [1.82, 2.24) is 0 Å². The van der Waals surface area contributed by atoms with Crippen molar-refractivity contribution in [2.24, 2.45) is 5.92 Å². The molecule has 2 heteroatoms. The molecule has 0 spiro atoms. The molecule has 2 nitrogen and oxygen atoms in total. The highest BCUT2D eigenvalue weighted by molar-refractivity contribution is 5.50. The first kappa shape index (κ1) is 31.9. The van der Waals surface area contributed by atoms with Gasteiger partial charge in [-0.25, -0.2) is 0 Å². The van der Waals surface area contributed by atoms with Crippen molar-refractivity contribution < 1.29 is 0 Å². The molecule has 0 amide bonds. The van der Waals surface area contributed by atoms with Crippen molar-refractivity contribution in [3.63, 3.8) is 0 Å². The minimum Gasteiger partial charge on any atom is -0.399 e. The number of rotatable bonds is 11. The minimum absolute atomic E-state index is 0.0669. The van der Waals surface area contributed by atoms with E-state index >= 15 is 0 Å². The number of nitrogens with two attached hydrogens (primary N) is 2. The van der Waals surface area contributed by atoms with E-state index in [1.807, 2.05) is 0 Å². The summed E-state index contributed by atoms with van der Waals surface area (Å²) in [4.78, 5) is 0. The highest BCUT2D eigenvalue weighted by Gasteiger charge is 2.38. The van der Waals surface area contributed by atoms with Gasteiger partial charge >= 0.3 is 0 Å². The van der Waals surface area contributed by atoms with E-state index in [1.165, 1.54) is 76.6 Å². The predicted octanol–water partition coefficient (Wildman–Crippen LogP) is 11.2. The van der Waals surface area contributed by atoms with Gasteiger partial charge in [-0.05, 0) is 127 Å². The molecule has 2 unspecified atom stereocenters. The molecule has 2 atom stereocenters. The minimum atomic E-state index is 0.0669. The van der Waals surface area contributed by atoms with E-state index in [0.29, 0.717) is 11.8 Å². The smallest absolute Gasteiger partial charge is 0.0316 e. The van der Waals surface area contributed by atoms with E-state index < -0.39 is 0 Å². The van der Waals surface area contributed by atoms with Crippen LogP contribution in [0.1, 0.15) is 135 Å². The van der Waals surface area contributed by atoms with Crippen LogP contribution in [-0.2, 0) is 5.41 Å². The second-order valence-corrected chi connectivity index (χ2v) is 13.6. The van der Waals surface area contributed by atoms with E-state index in [2.05, 4.69) is 120 Å². The van der Waals surface area contributed by atoms with Gasteiger partial charge in [0, 0.05) is 28.6 Å². The van der Waals surface area contributed by atoms with Gasteiger partial charge in [0.1, 0.15) is 0 Å². The molecule has 4 aromatic carbocycles. The molecule has 232 valence electrons. The lowest BCUT2D eigenvalue weighted by atomic mass is 9.62. The summed E-state index contributed by atoms with van der Waals surface area (Å²) in [5.74, 6) is 1.63. The Morgan fingerprint density at radius 1 is 0.614 bits per heavy atom. The van der Waals surface area contributed by atoms with Crippen molar-refractivity contribution in [2.45, 2.75) is 110 Å². The summed E-state index contributed by atoms with van der Waals surface area (Å²) in [6.07, 6.45) is 10.9. The number of hydrogen-bond donors (Lipinski definition) is 2. The van der Waals surface area contributed by atoms with E-state index in [-0.39, 0.29) is 5.41 Å². The molecule has 4 N–H and O–H groups in total. The third-order valence-electron chi connectivity index (χ3n) is 10.8. The summed E-state index contributed by atoms with van der Waals surface area (Å²) < 4.78 is 0. The quantitative estimate of drug-likeness (QED) is 0.172. The Morgan fingerprint density at radius 3 is 1.36 bits per heavy atom. The van der Waals surface area contributed by atoms with Gasteiger partial charge in [0.15, 0.2) is 0 Å². The summed E-state index contributed by atoms with van der Waals surface area (Å²) in [6.45, 7) is 11.3. The monoisotopic (exact) mass is 586 g/mol. The van der Waals surface area contributed by atoms with Gasteiger partial charge in [0.05, 0.1) is 0 Å². The lowest BCUT2D eigenvalue weighted by Crippen LogP contribution is -2.33. The van der Waals surface area contributed by atoms with Crippen molar-refractivity contribution >= 4 is 11.4 Å². The summed E-state index contributed by atoms with van der Waals surface area (Å²) in [7, 11) is 0. The Kier molecular flexibility index (Phi) is 10.2. The van der Waals surface area contributed by atoms with Crippen LogP contribution in [0.15, 0.2) is 84.9 Å². The highest BCUT2D eigenvalue weighted by Crippen LogP contribution is 2.48. The zero-order chi connectivity index (χ0) is 31.3. The molecule has 0 radical (unpaired) electrons. The third-order valence-corrected chi connectivity index (χ3v) is 10.8. The molecule has 1 aliphatic carbocycles. The zero-order valence-corrected chi connectivity index (χ0v) is 27.8. The van der Waals surface area contributed by atoms with Crippen LogP contribution in [0.4, 0.5) is 11.4 Å². The Balaban J connectivity index is 1.50. The first-order chi connectivity index (χ1) is 21.3. The molecule has 1 saturated carbocycles. The lowest BCUT2D eigenvalue weighted by Gasteiger charge is -2.41. The van der Waals surface area contributed by atoms with Crippen LogP contribution in [0.3, 0.4) is 0 Å². The molecule has 0 aliphatic heterocycles. The molecule has 0 bridgehead atoms. The SMILES string of the molecule is CCCC(c1ccc(C2(c3ccc(C(CCC)c4ccc(N)cc4C)cc3)CCC(CC)CC2)cc1)c1ccc(N)cc1C. The maximum atomic E-state index is 6.11. The number of nitrogen functional groups attached to an aromatic ring is 2. The summed E-state index contributed by atoms with van der Waals surface area (Å²) in [6, 6.07) is 32.4. The van der Waals surface area contributed by atoms with Gasteiger partial charge in [-0.15, -0.1) is 0 Å². The van der Waals surface area contributed by atoms with Crippen LogP contribution in [0.2, 0.25) is 0 Å². The Hall–Kier alpha value is -3.52. The van der Waals surface area contributed by atoms with Crippen LogP contribution >= 0.6 is 0 Å². The van der Waals surface area contributed by atoms with E-state index in [9.17, 15) is 0 Å². The summed E-state index contributed by atoms with van der Waals surface area (Å²) in [5.41, 5.74) is 25.1. The maximum absolute atomic E-state index is 6.11. The fourth-order valence-corrected chi connectivity index (χ4v) is 8.15. The Bertz CT molecular complexity index is 1400. The number of hydrogen-bond acceptors (Lipinski definition) is 2. The van der Waals surface area contributed by atoms with Crippen molar-refractivity contribution in [3.8, 4) is 0 Å². The number of benzene rings is 4. The average molecular weight is 587 g/mol. The van der Waals surface area contributed by atoms with Gasteiger partial charge < -0.3 is 11.5 Å². The largest absolute Gasteiger partial charge is 0.399 e. The maximum Gasteiger partial charge on any atom is 0.0316 e. The molecule has 0 aromatic heterocycles. The van der Waals surface area contributed by atoms with Crippen molar-refractivity contribution in [1.29, 1.82) is 0 Å². The first-order valence-electron chi connectivity index (χ1n) is 17.2. The Morgan fingerprint density at radius 2 is 1.02 bits per heavy atom. The number of aryl methyl sites for hydroxylation is 2.